The van der Waals surface area contributed by atoms with Gasteiger partial charge in [-0.25, -0.2) is 13.2 Å². The van der Waals surface area contributed by atoms with Crippen LogP contribution in [-0.2, 0) is 9.84 Å². The maximum atomic E-state index is 14.0. The van der Waals surface area contributed by atoms with Crippen LogP contribution < -0.4 is 10.2 Å². The Morgan fingerprint density at radius 1 is 0.853 bits per heavy atom. The number of nitrogens with one attached hydrogen (secondary N) is 1. The van der Waals surface area contributed by atoms with E-state index in [1.165, 1.54) is 23.1 Å². The number of sulfone groups is 1. The van der Waals surface area contributed by atoms with Gasteiger partial charge in [-0.1, -0.05) is 18.2 Å². The topological polar surface area (TPSA) is 82.6 Å². The van der Waals surface area contributed by atoms with Crippen molar-refractivity contribution in [2.45, 2.75) is 9.79 Å². The van der Waals surface area contributed by atoms with E-state index < -0.39 is 45.1 Å². The van der Waals surface area contributed by atoms with E-state index in [9.17, 15) is 30.8 Å². The number of anilines is 2. The molecule has 34 heavy (non-hydrogen) atoms. The monoisotopic (exact) mass is 492 g/mol. The Morgan fingerprint density at radius 3 is 2.15 bits per heavy atom. The number of carbonyl (C=O) groups is 1. The summed E-state index contributed by atoms with van der Waals surface area (Å²) in [6.07, 6.45) is 0. The van der Waals surface area contributed by atoms with Crippen molar-refractivity contribution in [1.82, 2.24) is 9.88 Å². The number of pyridine rings is 1. The molecular weight excluding hydrogens is 476 g/mol. The molecule has 0 bridgehead atoms. The first-order chi connectivity index (χ1) is 16.2. The van der Waals surface area contributed by atoms with Crippen molar-refractivity contribution >= 4 is 27.2 Å². The molecule has 2 aromatic carbocycles. The van der Waals surface area contributed by atoms with Gasteiger partial charge in [0.1, 0.15) is 5.69 Å². The Kier molecular flexibility index (Phi) is 5.19. The molecule has 7 nitrogen and oxygen atoms in total. The lowest BCUT2D eigenvalue weighted by Gasteiger charge is -2.36. The number of fused-ring (bicyclic) bond motifs is 3. The third-order valence-corrected chi connectivity index (χ3v) is 7.71. The summed E-state index contributed by atoms with van der Waals surface area (Å²) in [5.74, 6) is -6.67. The molecule has 12 heteroatoms. The van der Waals surface area contributed by atoms with Gasteiger partial charge in [0.05, 0.1) is 9.79 Å². The highest BCUT2D eigenvalue weighted by Gasteiger charge is 2.33. The standard InChI is InChI=1S/C22H16F4N4O3S/c23-17-19(18(24)21(26)28-20(17)25)29-7-9-30(10-8-29)22(31)27-12-5-6-16-14(11-12)13-3-1-2-4-15(13)34(16,32)33/h1-6,11H,7-10H2,(H,27,31). The maximum absolute atomic E-state index is 14.0. The van der Waals surface area contributed by atoms with Crippen LogP contribution in [0.15, 0.2) is 52.3 Å². The van der Waals surface area contributed by atoms with Crippen LogP contribution >= 0.6 is 0 Å². The van der Waals surface area contributed by atoms with Crippen molar-refractivity contribution in [3.05, 3.63) is 66.0 Å². The third kappa shape index (κ3) is 3.45. The lowest BCUT2D eigenvalue weighted by atomic mass is 10.1. The second-order valence-electron chi connectivity index (χ2n) is 7.78. The van der Waals surface area contributed by atoms with Gasteiger partial charge < -0.3 is 15.1 Å². The van der Waals surface area contributed by atoms with Gasteiger partial charge in [-0.15, -0.1) is 0 Å². The number of halogens is 4. The molecule has 1 saturated heterocycles. The predicted octanol–water partition coefficient (Wildman–Crippen LogP) is 3.81. The normalized spacial score (nSPS) is 16.2. The average molecular weight is 492 g/mol. The van der Waals surface area contributed by atoms with Crippen molar-refractivity contribution in [2.75, 3.05) is 36.4 Å². The molecule has 2 amide bonds. The first-order valence-corrected chi connectivity index (χ1v) is 11.7. The largest absolute Gasteiger partial charge is 0.363 e. The average Bonchev–Trinajstić information content (AvgIpc) is 3.05. The van der Waals surface area contributed by atoms with Crippen LogP contribution in [0.1, 0.15) is 0 Å². The van der Waals surface area contributed by atoms with Crippen molar-refractivity contribution < 1.29 is 30.8 Å². The molecule has 0 atom stereocenters. The minimum absolute atomic E-state index is 0.0262. The van der Waals surface area contributed by atoms with Crippen LogP contribution in [0.4, 0.5) is 33.7 Å². The predicted molar refractivity (Wildman–Crippen MR) is 114 cm³/mol. The second kappa shape index (κ2) is 7.97. The molecule has 0 spiro atoms. The minimum Gasteiger partial charge on any atom is -0.363 e. The molecule has 0 aliphatic carbocycles. The van der Waals surface area contributed by atoms with Crippen LogP contribution in [0.2, 0.25) is 0 Å². The second-order valence-corrected chi connectivity index (χ2v) is 9.67. The van der Waals surface area contributed by atoms with Gasteiger partial charge >= 0.3 is 6.03 Å². The van der Waals surface area contributed by atoms with Crippen LogP contribution in [0.3, 0.4) is 0 Å². The number of piperazine rings is 1. The fourth-order valence-electron chi connectivity index (χ4n) is 4.18. The Hall–Kier alpha value is -3.67. The molecule has 0 radical (unpaired) electrons. The number of hydrogen-bond donors (Lipinski definition) is 1. The summed E-state index contributed by atoms with van der Waals surface area (Å²) < 4.78 is 80.3. The van der Waals surface area contributed by atoms with E-state index in [2.05, 4.69) is 10.3 Å². The van der Waals surface area contributed by atoms with Gasteiger partial charge in [-0.2, -0.15) is 22.5 Å². The molecule has 3 aromatic rings. The lowest BCUT2D eigenvalue weighted by Crippen LogP contribution is -2.50. The summed E-state index contributed by atoms with van der Waals surface area (Å²) in [6, 6.07) is 10.5. The van der Waals surface area contributed by atoms with Gasteiger partial charge in [-0.05, 0) is 24.3 Å². The van der Waals surface area contributed by atoms with Crippen LogP contribution in [0.5, 0.6) is 0 Å². The summed E-state index contributed by atoms with van der Waals surface area (Å²) in [5.41, 5.74) is 0.533. The number of rotatable bonds is 2. The van der Waals surface area contributed by atoms with Crippen LogP contribution in [-0.4, -0.2) is 50.5 Å². The SMILES string of the molecule is O=C(Nc1ccc2c(c1)-c1ccccc1S2(=O)=O)N1CCN(c2c(F)c(F)nc(F)c2F)CC1. The van der Waals surface area contributed by atoms with E-state index in [1.54, 1.807) is 24.3 Å². The molecule has 1 N–H and O–H groups in total. The van der Waals surface area contributed by atoms with Crippen LogP contribution in [0.25, 0.3) is 11.1 Å². The summed E-state index contributed by atoms with van der Waals surface area (Å²) in [7, 11) is -3.62. The minimum atomic E-state index is -3.62. The van der Waals surface area contributed by atoms with Crippen molar-refractivity contribution in [2.24, 2.45) is 0 Å². The van der Waals surface area contributed by atoms with Gasteiger partial charge in [0, 0.05) is 43.0 Å². The number of urea groups is 1. The Labute approximate surface area is 191 Å². The van der Waals surface area contributed by atoms with Gasteiger partial charge in [-0.3, -0.25) is 0 Å². The summed E-state index contributed by atoms with van der Waals surface area (Å²) >= 11 is 0. The highest BCUT2D eigenvalue weighted by atomic mass is 32.2. The number of nitrogens with zero attached hydrogens (tertiary/aromatic N) is 3. The fraction of sp³-hybridized carbons (Fsp3) is 0.182. The zero-order valence-electron chi connectivity index (χ0n) is 17.4. The van der Waals surface area contributed by atoms with Crippen molar-refractivity contribution in [3.63, 3.8) is 0 Å². The van der Waals surface area contributed by atoms with E-state index in [-0.39, 0.29) is 36.0 Å². The highest BCUT2D eigenvalue weighted by Crippen LogP contribution is 2.43. The molecule has 176 valence electrons. The zero-order chi connectivity index (χ0) is 24.2. The Bertz CT molecular complexity index is 1410. The maximum Gasteiger partial charge on any atom is 0.321 e. The van der Waals surface area contributed by atoms with Crippen LogP contribution in [0, 0.1) is 23.5 Å². The molecule has 3 heterocycles. The Balaban J connectivity index is 1.31. The van der Waals surface area contributed by atoms with E-state index in [1.807, 2.05) is 0 Å². The fourth-order valence-corrected chi connectivity index (χ4v) is 5.85. The molecule has 1 fully saturated rings. The van der Waals surface area contributed by atoms with E-state index in [0.29, 0.717) is 16.8 Å². The number of aromatic nitrogens is 1. The smallest absolute Gasteiger partial charge is 0.321 e. The number of benzene rings is 2. The molecule has 5 rings (SSSR count). The molecule has 0 saturated carbocycles. The molecule has 0 unspecified atom stereocenters. The first-order valence-electron chi connectivity index (χ1n) is 10.2. The number of hydrogen-bond acceptors (Lipinski definition) is 5. The first kappa shape index (κ1) is 22.1. The summed E-state index contributed by atoms with van der Waals surface area (Å²) in [4.78, 5) is 18.1. The molecule has 1 aromatic heterocycles. The molecular formula is C22H16F4N4O3S. The van der Waals surface area contributed by atoms with Gasteiger partial charge in [0.2, 0.25) is 21.5 Å². The molecule has 2 aliphatic rings. The highest BCUT2D eigenvalue weighted by molar-refractivity contribution is 7.92. The molecule has 2 aliphatic heterocycles. The van der Waals surface area contributed by atoms with E-state index in [0.717, 1.165) is 4.90 Å². The summed E-state index contributed by atoms with van der Waals surface area (Å²) in [5, 5.41) is 2.69. The van der Waals surface area contributed by atoms with E-state index >= 15 is 0 Å². The number of amides is 2. The quantitative estimate of drug-likeness (QED) is 0.340. The summed E-state index contributed by atoms with van der Waals surface area (Å²) in [6.45, 7) is -0.0865. The van der Waals surface area contributed by atoms with Crippen molar-refractivity contribution in [1.29, 1.82) is 0 Å². The van der Waals surface area contributed by atoms with Gasteiger partial charge in [0.25, 0.3) is 11.9 Å². The zero-order valence-corrected chi connectivity index (χ0v) is 18.2. The number of carbonyl (C=O) groups excluding carboxylic acids is 1. The van der Waals surface area contributed by atoms with Crippen molar-refractivity contribution in [3.8, 4) is 11.1 Å². The van der Waals surface area contributed by atoms with Gasteiger partial charge in [0.15, 0.2) is 0 Å². The third-order valence-electron chi connectivity index (χ3n) is 5.84. The van der Waals surface area contributed by atoms with E-state index in [4.69, 9.17) is 0 Å². The lowest BCUT2D eigenvalue weighted by molar-refractivity contribution is 0.207. The Morgan fingerprint density at radius 2 is 1.47 bits per heavy atom.